The highest BCUT2D eigenvalue weighted by molar-refractivity contribution is 9.10. The third kappa shape index (κ3) is 7.12. The fraction of sp³-hybridized carbons (Fsp3) is 0.312. The molecule has 0 radical (unpaired) electrons. The minimum atomic E-state index is 0. The van der Waals surface area contributed by atoms with Gasteiger partial charge in [-0.25, -0.2) is 9.97 Å². The fourth-order valence-corrected chi connectivity index (χ4v) is 3.07. The summed E-state index contributed by atoms with van der Waals surface area (Å²) in [6.07, 6.45) is 5.37. The maximum Gasteiger partial charge on any atom is 0.189 e. The molecular formula is C16H19BrCl3N5S. The Balaban J connectivity index is 0.00000338. The SMILES string of the molecule is CSc1ncc(Br)c(N/N=C/c2ccc(N(CCCl)CCCl)cc2)n1.Cl. The predicted molar refractivity (Wildman–Crippen MR) is 120 cm³/mol. The molecule has 0 unspecified atom stereocenters. The summed E-state index contributed by atoms with van der Waals surface area (Å²) in [5.74, 6) is 1.76. The van der Waals surface area contributed by atoms with E-state index in [1.54, 1.807) is 12.4 Å². The first-order valence-electron chi connectivity index (χ1n) is 7.50. The highest BCUT2D eigenvalue weighted by Crippen LogP contribution is 2.21. The standard InChI is InChI=1S/C16H18BrCl2N5S.ClH/c1-25-16-20-11-14(17)15(22-16)23-21-10-12-2-4-13(5-3-12)24(8-6-18)9-7-19;/h2-5,10-11H,6-9H2,1H3,(H,20,22,23);1H/b21-10+;. The van der Waals surface area contributed by atoms with Crippen molar-refractivity contribution in [2.75, 3.05) is 41.4 Å². The van der Waals surface area contributed by atoms with E-state index in [0.29, 0.717) is 22.7 Å². The van der Waals surface area contributed by atoms with E-state index >= 15 is 0 Å². The normalized spacial score (nSPS) is 10.6. The smallest absolute Gasteiger partial charge is 0.189 e. The minimum absolute atomic E-state index is 0. The number of nitrogens with zero attached hydrogens (tertiary/aromatic N) is 4. The van der Waals surface area contributed by atoms with E-state index in [2.05, 4.69) is 41.3 Å². The molecular weight excluding hydrogens is 481 g/mol. The molecule has 0 bridgehead atoms. The lowest BCUT2D eigenvalue weighted by atomic mass is 10.2. The summed E-state index contributed by atoms with van der Waals surface area (Å²) in [7, 11) is 0. The van der Waals surface area contributed by atoms with Crippen LogP contribution >= 0.6 is 63.3 Å². The van der Waals surface area contributed by atoms with Crippen LogP contribution in [0.25, 0.3) is 0 Å². The number of hydrogen-bond acceptors (Lipinski definition) is 6. The molecule has 26 heavy (non-hydrogen) atoms. The lowest BCUT2D eigenvalue weighted by molar-refractivity contribution is 0.874. The van der Waals surface area contributed by atoms with Gasteiger partial charge in [0, 0.05) is 36.7 Å². The molecule has 0 atom stereocenters. The zero-order chi connectivity index (χ0) is 18.1. The quantitative estimate of drug-likeness (QED) is 0.171. The number of aromatic nitrogens is 2. The van der Waals surface area contributed by atoms with Crippen LogP contribution in [0.5, 0.6) is 0 Å². The Morgan fingerprint density at radius 3 is 2.46 bits per heavy atom. The number of nitrogens with one attached hydrogen (secondary N) is 1. The highest BCUT2D eigenvalue weighted by Gasteiger charge is 2.05. The van der Waals surface area contributed by atoms with Gasteiger partial charge in [0.1, 0.15) is 0 Å². The number of rotatable bonds is 9. The molecule has 1 heterocycles. The van der Waals surface area contributed by atoms with Crippen LogP contribution in [0.15, 0.2) is 45.2 Å². The second-order valence-electron chi connectivity index (χ2n) is 4.88. The van der Waals surface area contributed by atoms with Crippen molar-refractivity contribution in [1.29, 1.82) is 0 Å². The first-order valence-corrected chi connectivity index (χ1v) is 10.6. The van der Waals surface area contributed by atoms with E-state index in [0.717, 1.165) is 28.8 Å². The Morgan fingerprint density at radius 1 is 1.23 bits per heavy atom. The zero-order valence-electron chi connectivity index (χ0n) is 14.0. The van der Waals surface area contributed by atoms with Gasteiger partial charge < -0.3 is 4.90 Å². The third-order valence-electron chi connectivity index (χ3n) is 3.26. The molecule has 142 valence electrons. The van der Waals surface area contributed by atoms with Crippen molar-refractivity contribution >= 4 is 81.0 Å². The lowest BCUT2D eigenvalue weighted by Crippen LogP contribution is -2.27. The van der Waals surface area contributed by atoms with Gasteiger partial charge in [-0.2, -0.15) is 5.10 Å². The van der Waals surface area contributed by atoms with Crippen molar-refractivity contribution < 1.29 is 0 Å². The molecule has 0 amide bonds. The largest absolute Gasteiger partial charge is 0.369 e. The van der Waals surface area contributed by atoms with Gasteiger partial charge in [-0.05, 0) is 39.9 Å². The molecule has 1 aromatic heterocycles. The third-order valence-corrected chi connectivity index (χ3v) is 4.74. The van der Waals surface area contributed by atoms with Gasteiger partial charge in [0.25, 0.3) is 0 Å². The van der Waals surface area contributed by atoms with Crippen LogP contribution < -0.4 is 10.3 Å². The molecule has 5 nitrogen and oxygen atoms in total. The summed E-state index contributed by atoms with van der Waals surface area (Å²) in [5.41, 5.74) is 4.99. The number of hydrogen-bond donors (Lipinski definition) is 1. The number of alkyl halides is 2. The van der Waals surface area contributed by atoms with Crippen LogP contribution in [-0.2, 0) is 0 Å². The Morgan fingerprint density at radius 2 is 1.88 bits per heavy atom. The van der Waals surface area contributed by atoms with Gasteiger partial charge in [0.15, 0.2) is 11.0 Å². The minimum Gasteiger partial charge on any atom is -0.369 e. The average Bonchev–Trinajstić information content (AvgIpc) is 2.64. The van der Waals surface area contributed by atoms with E-state index in [1.807, 2.05) is 30.5 Å². The topological polar surface area (TPSA) is 53.4 Å². The molecule has 0 aliphatic heterocycles. The van der Waals surface area contributed by atoms with Crippen molar-refractivity contribution in [2.45, 2.75) is 5.16 Å². The maximum absolute atomic E-state index is 5.84. The van der Waals surface area contributed by atoms with E-state index < -0.39 is 0 Å². The molecule has 0 fully saturated rings. The van der Waals surface area contributed by atoms with Gasteiger partial charge in [0.05, 0.1) is 10.7 Å². The summed E-state index contributed by atoms with van der Waals surface area (Å²) in [4.78, 5) is 10.7. The Labute approximate surface area is 182 Å². The number of benzene rings is 1. The first-order chi connectivity index (χ1) is 12.2. The molecule has 0 spiro atoms. The number of anilines is 2. The zero-order valence-corrected chi connectivity index (χ0v) is 18.8. The Bertz CT molecular complexity index is 697. The van der Waals surface area contributed by atoms with E-state index in [1.165, 1.54) is 11.8 Å². The second kappa shape index (κ2) is 12.6. The monoisotopic (exact) mass is 497 g/mol. The van der Waals surface area contributed by atoms with Crippen LogP contribution in [0.2, 0.25) is 0 Å². The van der Waals surface area contributed by atoms with E-state index in [9.17, 15) is 0 Å². The molecule has 2 aromatic rings. The molecule has 1 N–H and O–H groups in total. The van der Waals surface area contributed by atoms with Gasteiger partial charge in [0.2, 0.25) is 0 Å². The summed E-state index contributed by atoms with van der Waals surface area (Å²) in [6, 6.07) is 8.07. The fourth-order valence-electron chi connectivity index (χ4n) is 2.04. The van der Waals surface area contributed by atoms with Crippen molar-refractivity contribution in [3.63, 3.8) is 0 Å². The molecule has 10 heteroatoms. The Hall–Kier alpha value is -0.730. The van der Waals surface area contributed by atoms with Crippen LogP contribution in [0.4, 0.5) is 11.5 Å². The van der Waals surface area contributed by atoms with Crippen molar-refractivity contribution in [3.05, 3.63) is 40.5 Å². The van der Waals surface area contributed by atoms with Crippen LogP contribution in [0, 0.1) is 0 Å². The number of halogens is 4. The summed E-state index contributed by atoms with van der Waals surface area (Å²) in [5, 5.41) is 4.92. The van der Waals surface area contributed by atoms with Gasteiger partial charge in [-0.3, -0.25) is 5.43 Å². The number of hydrazone groups is 1. The van der Waals surface area contributed by atoms with Crippen molar-refractivity contribution in [2.24, 2.45) is 5.10 Å². The summed E-state index contributed by atoms with van der Waals surface area (Å²) < 4.78 is 0.760. The Kier molecular flexibility index (Phi) is 11.3. The number of thioether (sulfide) groups is 1. The van der Waals surface area contributed by atoms with Crippen LogP contribution in [0.3, 0.4) is 0 Å². The van der Waals surface area contributed by atoms with Crippen molar-refractivity contribution in [1.82, 2.24) is 9.97 Å². The van der Waals surface area contributed by atoms with E-state index in [4.69, 9.17) is 23.2 Å². The maximum atomic E-state index is 5.84. The first kappa shape index (κ1) is 23.3. The molecule has 0 saturated heterocycles. The average molecular weight is 500 g/mol. The van der Waals surface area contributed by atoms with Gasteiger partial charge >= 0.3 is 0 Å². The van der Waals surface area contributed by atoms with Crippen LogP contribution in [0.1, 0.15) is 5.56 Å². The molecule has 0 saturated carbocycles. The van der Waals surface area contributed by atoms with Gasteiger partial charge in [-0.1, -0.05) is 23.9 Å². The summed E-state index contributed by atoms with van der Waals surface area (Å²) in [6.45, 7) is 1.53. The highest BCUT2D eigenvalue weighted by atomic mass is 79.9. The molecule has 2 rings (SSSR count). The molecule has 0 aliphatic carbocycles. The van der Waals surface area contributed by atoms with E-state index in [-0.39, 0.29) is 12.4 Å². The van der Waals surface area contributed by atoms with Crippen LogP contribution in [-0.4, -0.2) is 47.3 Å². The predicted octanol–water partition coefficient (Wildman–Crippen LogP) is 5.11. The van der Waals surface area contributed by atoms with Gasteiger partial charge in [-0.15, -0.1) is 35.6 Å². The second-order valence-corrected chi connectivity index (χ2v) is 7.26. The molecule has 1 aromatic carbocycles. The lowest BCUT2D eigenvalue weighted by Gasteiger charge is -2.22. The summed E-state index contributed by atoms with van der Waals surface area (Å²) >= 11 is 16.6. The van der Waals surface area contributed by atoms with Crippen molar-refractivity contribution in [3.8, 4) is 0 Å². The molecule has 0 aliphatic rings.